The van der Waals surface area contributed by atoms with Crippen LogP contribution in [0.15, 0.2) is 0 Å². The Morgan fingerprint density at radius 3 is 2.09 bits per heavy atom. The van der Waals surface area contributed by atoms with Crippen LogP contribution in [0.4, 0.5) is 4.79 Å². The number of hydrogen-bond donors (Lipinski definition) is 1. The summed E-state index contributed by atoms with van der Waals surface area (Å²) in [7, 11) is 1.29. The first kappa shape index (κ1) is 20.4. The molecule has 0 aliphatic heterocycles. The lowest BCUT2D eigenvalue weighted by atomic mass is 9.99. The van der Waals surface area contributed by atoms with Crippen molar-refractivity contribution in [1.29, 1.82) is 0 Å². The number of esters is 1. The maximum atomic E-state index is 12.2. The van der Waals surface area contributed by atoms with Gasteiger partial charge in [0.15, 0.2) is 5.78 Å². The minimum atomic E-state index is -0.729. The molecule has 0 aliphatic carbocycles. The smallest absolute Gasteiger partial charge is 0.408 e. The zero-order valence-electron chi connectivity index (χ0n) is 14.5. The summed E-state index contributed by atoms with van der Waals surface area (Å²) in [5, 5.41) is 2.56. The van der Waals surface area contributed by atoms with Gasteiger partial charge in [-0.1, -0.05) is 13.8 Å². The predicted octanol–water partition coefficient (Wildman–Crippen LogP) is 2.84. The molecule has 128 valence electrons. The maximum Gasteiger partial charge on any atom is 0.408 e. The molecule has 1 N–H and O–H groups in total. The van der Waals surface area contributed by atoms with E-state index in [1.807, 2.05) is 13.8 Å². The van der Waals surface area contributed by atoms with Gasteiger partial charge >= 0.3 is 12.1 Å². The van der Waals surface area contributed by atoms with Crippen LogP contribution in [0, 0.1) is 5.92 Å². The maximum absolute atomic E-state index is 12.2. The highest BCUT2D eigenvalue weighted by Gasteiger charge is 2.24. The normalized spacial score (nSPS) is 12.7. The topological polar surface area (TPSA) is 81.7 Å². The van der Waals surface area contributed by atoms with Gasteiger partial charge in [-0.25, -0.2) is 4.79 Å². The molecule has 1 atom stereocenters. The lowest BCUT2D eigenvalue weighted by Crippen LogP contribution is -2.43. The van der Waals surface area contributed by atoms with Crippen LogP contribution in [-0.2, 0) is 19.1 Å². The summed E-state index contributed by atoms with van der Waals surface area (Å²) < 4.78 is 9.73. The van der Waals surface area contributed by atoms with Gasteiger partial charge in [0, 0.05) is 12.8 Å². The molecule has 0 radical (unpaired) electrons. The monoisotopic (exact) mass is 315 g/mol. The van der Waals surface area contributed by atoms with E-state index in [1.165, 1.54) is 7.11 Å². The lowest BCUT2D eigenvalue weighted by Gasteiger charge is -2.23. The standard InChI is InChI=1S/C16H29NO5/c1-11(2)7-9-13(18)12(8-10-14(19)21-6)17-15(20)22-16(3,4)5/h11-12H,7-10H2,1-6H3,(H,17,20). The van der Waals surface area contributed by atoms with Crippen LogP contribution >= 0.6 is 0 Å². The van der Waals surface area contributed by atoms with Crippen molar-refractivity contribution in [3.8, 4) is 0 Å². The molecule has 0 rings (SSSR count). The Bertz CT molecular complexity index is 384. The molecule has 1 amide bonds. The molecule has 0 fully saturated rings. The van der Waals surface area contributed by atoms with Gasteiger partial charge in [0.1, 0.15) is 5.60 Å². The average molecular weight is 315 g/mol. The van der Waals surface area contributed by atoms with Crippen LogP contribution in [0.2, 0.25) is 0 Å². The minimum Gasteiger partial charge on any atom is -0.469 e. The summed E-state index contributed by atoms with van der Waals surface area (Å²) in [4.78, 5) is 35.3. The summed E-state index contributed by atoms with van der Waals surface area (Å²) in [6.45, 7) is 9.29. The van der Waals surface area contributed by atoms with E-state index in [0.29, 0.717) is 12.3 Å². The van der Waals surface area contributed by atoms with Gasteiger partial charge in [-0.15, -0.1) is 0 Å². The van der Waals surface area contributed by atoms with Crippen LogP contribution in [0.5, 0.6) is 0 Å². The number of alkyl carbamates (subject to hydrolysis) is 1. The number of hydrogen-bond acceptors (Lipinski definition) is 5. The number of ketones is 1. The second-order valence-corrected chi connectivity index (χ2v) is 6.71. The molecule has 6 heteroatoms. The van der Waals surface area contributed by atoms with E-state index >= 15 is 0 Å². The fraction of sp³-hybridized carbons (Fsp3) is 0.812. The highest BCUT2D eigenvalue weighted by atomic mass is 16.6. The Hall–Kier alpha value is -1.59. The van der Waals surface area contributed by atoms with E-state index in [-0.39, 0.29) is 18.6 Å². The number of carbonyl (C=O) groups is 3. The van der Waals surface area contributed by atoms with E-state index in [2.05, 4.69) is 10.1 Å². The van der Waals surface area contributed by atoms with Gasteiger partial charge in [0.05, 0.1) is 13.2 Å². The molecule has 1 unspecified atom stereocenters. The van der Waals surface area contributed by atoms with Crippen molar-refractivity contribution in [2.24, 2.45) is 5.92 Å². The number of nitrogens with one attached hydrogen (secondary N) is 1. The van der Waals surface area contributed by atoms with Gasteiger partial charge in [0.2, 0.25) is 0 Å². The van der Waals surface area contributed by atoms with Crippen molar-refractivity contribution < 1.29 is 23.9 Å². The first-order valence-corrected chi connectivity index (χ1v) is 7.64. The number of Topliss-reactive ketones (excluding diaryl/α,β-unsaturated/α-hetero) is 1. The third-order valence-electron chi connectivity index (χ3n) is 2.91. The molecule has 0 aliphatic rings. The molecule has 0 aromatic carbocycles. The van der Waals surface area contributed by atoms with Crippen LogP contribution in [-0.4, -0.2) is 36.6 Å². The molecule has 0 aromatic rings. The Morgan fingerprint density at radius 2 is 1.64 bits per heavy atom. The van der Waals surface area contributed by atoms with Crippen molar-refractivity contribution >= 4 is 17.8 Å². The SMILES string of the molecule is COC(=O)CCC(NC(=O)OC(C)(C)C)C(=O)CCC(C)C. The van der Waals surface area contributed by atoms with Crippen LogP contribution in [0.3, 0.4) is 0 Å². The summed E-state index contributed by atoms with van der Waals surface area (Å²) in [6.07, 6.45) is 0.732. The largest absolute Gasteiger partial charge is 0.469 e. The van der Waals surface area contributed by atoms with Gasteiger partial charge in [-0.2, -0.15) is 0 Å². The van der Waals surface area contributed by atoms with Crippen LogP contribution in [0.25, 0.3) is 0 Å². The van der Waals surface area contributed by atoms with Crippen LogP contribution in [0.1, 0.15) is 60.3 Å². The summed E-state index contributed by atoms with van der Waals surface area (Å²) in [5.41, 5.74) is -0.641. The zero-order chi connectivity index (χ0) is 17.3. The molecular weight excluding hydrogens is 286 g/mol. The number of amides is 1. The van der Waals surface area contributed by atoms with E-state index in [9.17, 15) is 14.4 Å². The Labute approximate surface area is 132 Å². The van der Waals surface area contributed by atoms with Crippen LogP contribution < -0.4 is 5.32 Å². The first-order chi connectivity index (χ1) is 10.0. The second-order valence-electron chi connectivity index (χ2n) is 6.71. The van der Waals surface area contributed by atoms with Crippen molar-refractivity contribution in [2.75, 3.05) is 7.11 Å². The quantitative estimate of drug-likeness (QED) is 0.696. The van der Waals surface area contributed by atoms with Gasteiger partial charge in [0.25, 0.3) is 0 Å². The molecule has 22 heavy (non-hydrogen) atoms. The van der Waals surface area contributed by atoms with Gasteiger partial charge in [-0.3, -0.25) is 9.59 Å². The second kappa shape index (κ2) is 9.43. The van der Waals surface area contributed by atoms with Crippen molar-refractivity contribution in [1.82, 2.24) is 5.32 Å². The van der Waals surface area contributed by atoms with Crippen molar-refractivity contribution in [3.63, 3.8) is 0 Å². The highest BCUT2D eigenvalue weighted by molar-refractivity contribution is 5.87. The molecule has 0 aromatic heterocycles. The highest BCUT2D eigenvalue weighted by Crippen LogP contribution is 2.11. The van der Waals surface area contributed by atoms with Crippen molar-refractivity contribution in [3.05, 3.63) is 0 Å². The minimum absolute atomic E-state index is 0.0738. The lowest BCUT2D eigenvalue weighted by molar-refractivity contribution is -0.140. The molecular formula is C16H29NO5. The Morgan fingerprint density at radius 1 is 1.05 bits per heavy atom. The number of methoxy groups -OCH3 is 1. The zero-order valence-corrected chi connectivity index (χ0v) is 14.5. The van der Waals surface area contributed by atoms with Gasteiger partial charge in [-0.05, 0) is 39.5 Å². The molecule has 0 bridgehead atoms. The summed E-state index contributed by atoms with van der Waals surface area (Å²) in [6, 6.07) is -0.729. The predicted molar refractivity (Wildman–Crippen MR) is 83.5 cm³/mol. The first-order valence-electron chi connectivity index (χ1n) is 7.64. The van der Waals surface area contributed by atoms with E-state index in [4.69, 9.17) is 4.74 Å². The molecule has 0 saturated carbocycles. The fourth-order valence-corrected chi connectivity index (χ4v) is 1.73. The third-order valence-corrected chi connectivity index (χ3v) is 2.91. The Kier molecular flexibility index (Phi) is 8.75. The summed E-state index contributed by atoms with van der Waals surface area (Å²) in [5.74, 6) is -0.108. The number of rotatable bonds is 8. The molecule has 0 saturated heterocycles. The van der Waals surface area contributed by atoms with E-state index < -0.39 is 23.7 Å². The average Bonchev–Trinajstić information content (AvgIpc) is 2.38. The van der Waals surface area contributed by atoms with E-state index in [1.54, 1.807) is 20.8 Å². The fourth-order valence-electron chi connectivity index (χ4n) is 1.73. The third kappa shape index (κ3) is 10.2. The molecule has 0 spiro atoms. The van der Waals surface area contributed by atoms with Gasteiger partial charge < -0.3 is 14.8 Å². The molecule has 0 heterocycles. The number of ether oxygens (including phenoxy) is 2. The van der Waals surface area contributed by atoms with E-state index in [0.717, 1.165) is 6.42 Å². The number of carbonyl (C=O) groups excluding carboxylic acids is 3. The Balaban J connectivity index is 4.66. The van der Waals surface area contributed by atoms with Crippen molar-refractivity contribution in [2.45, 2.75) is 71.9 Å². The molecule has 6 nitrogen and oxygen atoms in total. The summed E-state index contributed by atoms with van der Waals surface area (Å²) >= 11 is 0.